The van der Waals surface area contributed by atoms with Gasteiger partial charge in [0, 0.05) is 17.6 Å². The van der Waals surface area contributed by atoms with Crippen LogP contribution in [-0.4, -0.2) is 35.3 Å². The number of nitrogens with zero attached hydrogens (tertiary/aromatic N) is 1. The van der Waals surface area contributed by atoms with Crippen LogP contribution in [0.2, 0.25) is 0 Å². The van der Waals surface area contributed by atoms with E-state index in [0.29, 0.717) is 18.0 Å². The number of carbonyl (C=O) groups is 2. The molecule has 2 rings (SSSR count). The third kappa shape index (κ3) is 2.35. The predicted octanol–water partition coefficient (Wildman–Crippen LogP) is 2.62. The first-order valence-electron chi connectivity index (χ1n) is 5.39. The Balaban J connectivity index is 2.30. The molecule has 1 saturated heterocycles. The Bertz CT molecular complexity index is 494. The quantitative estimate of drug-likeness (QED) is 0.794. The highest BCUT2D eigenvalue weighted by atomic mass is 79.9. The summed E-state index contributed by atoms with van der Waals surface area (Å²) in [6.07, 6.45) is 0. The lowest BCUT2D eigenvalue weighted by atomic mass is 9.98. The summed E-state index contributed by atoms with van der Waals surface area (Å²) in [6.45, 7) is 4.56. The summed E-state index contributed by atoms with van der Waals surface area (Å²) in [5, 5.41) is 2.78. The first-order valence-corrected chi connectivity index (χ1v) is 7.79. The van der Waals surface area contributed by atoms with Crippen LogP contribution in [-0.2, 0) is 4.79 Å². The molecule has 2 amide bonds. The van der Waals surface area contributed by atoms with Gasteiger partial charge in [-0.3, -0.25) is 9.59 Å². The van der Waals surface area contributed by atoms with Gasteiger partial charge in [-0.05, 0) is 51.8 Å². The van der Waals surface area contributed by atoms with Crippen molar-refractivity contribution < 1.29 is 9.59 Å². The highest BCUT2D eigenvalue weighted by Gasteiger charge is 2.41. The van der Waals surface area contributed by atoms with E-state index in [2.05, 4.69) is 37.2 Å². The van der Waals surface area contributed by atoms with E-state index in [-0.39, 0.29) is 11.8 Å². The van der Waals surface area contributed by atoms with E-state index in [1.54, 1.807) is 24.8 Å². The topological polar surface area (TPSA) is 49.4 Å². The maximum Gasteiger partial charge on any atom is 0.264 e. The van der Waals surface area contributed by atoms with Crippen molar-refractivity contribution in [2.24, 2.45) is 0 Å². The highest BCUT2D eigenvalue weighted by Crippen LogP contribution is 2.34. The van der Waals surface area contributed by atoms with Gasteiger partial charge in [0.05, 0.1) is 8.66 Å². The van der Waals surface area contributed by atoms with E-state index >= 15 is 0 Å². The predicted molar refractivity (Wildman–Crippen MR) is 77.8 cm³/mol. The van der Waals surface area contributed by atoms with Crippen molar-refractivity contribution in [1.29, 1.82) is 0 Å². The molecule has 0 saturated carbocycles. The number of hydrogen-bond donors (Lipinski definition) is 1. The number of carbonyl (C=O) groups excluding carboxylic acids is 2. The molecule has 1 aliphatic heterocycles. The van der Waals surface area contributed by atoms with Crippen LogP contribution in [0.15, 0.2) is 14.3 Å². The molecule has 98 valence electrons. The van der Waals surface area contributed by atoms with E-state index in [1.165, 1.54) is 11.3 Å². The highest BCUT2D eigenvalue weighted by molar-refractivity contribution is 9.13. The van der Waals surface area contributed by atoms with E-state index in [4.69, 9.17) is 0 Å². The van der Waals surface area contributed by atoms with Crippen molar-refractivity contribution in [3.8, 4) is 0 Å². The van der Waals surface area contributed by atoms with Crippen LogP contribution < -0.4 is 5.32 Å². The normalized spacial score (nSPS) is 18.7. The Labute approximate surface area is 126 Å². The van der Waals surface area contributed by atoms with Gasteiger partial charge in [0.15, 0.2) is 0 Å². The summed E-state index contributed by atoms with van der Waals surface area (Å²) in [5.74, 6) is -0.219. The van der Waals surface area contributed by atoms with Gasteiger partial charge in [-0.25, -0.2) is 0 Å². The zero-order valence-electron chi connectivity index (χ0n) is 9.92. The van der Waals surface area contributed by atoms with Crippen molar-refractivity contribution in [1.82, 2.24) is 10.2 Å². The zero-order chi connectivity index (χ0) is 13.5. The average molecular weight is 396 g/mol. The summed E-state index contributed by atoms with van der Waals surface area (Å²) in [7, 11) is 0. The smallest absolute Gasteiger partial charge is 0.264 e. The second kappa shape index (κ2) is 4.94. The van der Waals surface area contributed by atoms with Crippen LogP contribution in [0.1, 0.15) is 23.5 Å². The fourth-order valence-electron chi connectivity index (χ4n) is 1.84. The standard InChI is InChI=1S/C11H12Br2N2O2S/c1-11(2)10(17)14-3-4-15(11)9(16)7-5-6(12)8(13)18-7/h5H,3-4H2,1-2H3,(H,14,17). The summed E-state index contributed by atoms with van der Waals surface area (Å²) < 4.78 is 1.74. The van der Waals surface area contributed by atoms with Gasteiger partial charge in [-0.2, -0.15) is 0 Å². The number of rotatable bonds is 1. The van der Waals surface area contributed by atoms with Crippen LogP contribution >= 0.6 is 43.2 Å². The van der Waals surface area contributed by atoms with E-state index in [1.807, 2.05) is 0 Å². The summed E-state index contributed by atoms with van der Waals surface area (Å²) in [4.78, 5) is 26.5. The molecule has 2 heterocycles. The van der Waals surface area contributed by atoms with Crippen LogP contribution in [0.25, 0.3) is 0 Å². The van der Waals surface area contributed by atoms with Gasteiger partial charge in [0.25, 0.3) is 5.91 Å². The molecule has 18 heavy (non-hydrogen) atoms. The van der Waals surface area contributed by atoms with Crippen molar-refractivity contribution >= 4 is 55.0 Å². The van der Waals surface area contributed by atoms with E-state index in [9.17, 15) is 9.59 Å². The fraction of sp³-hybridized carbons (Fsp3) is 0.455. The molecule has 1 fully saturated rings. The molecular formula is C11H12Br2N2O2S. The molecule has 1 aromatic heterocycles. The number of hydrogen-bond acceptors (Lipinski definition) is 3. The van der Waals surface area contributed by atoms with E-state index < -0.39 is 5.54 Å². The van der Waals surface area contributed by atoms with Gasteiger partial charge in [-0.15, -0.1) is 11.3 Å². The van der Waals surface area contributed by atoms with Crippen molar-refractivity contribution in [2.75, 3.05) is 13.1 Å². The van der Waals surface area contributed by atoms with Gasteiger partial charge in [0.1, 0.15) is 5.54 Å². The van der Waals surface area contributed by atoms with E-state index in [0.717, 1.165) is 8.26 Å². The maximum atomic E-state index is 12.4. The molecule has 0 aliphatic carbocycles. The Kier molecular flexibility index (Phi) is 3.85. The number of piperazine rings is 1. The maximum absolute atomic E-state index is 12.4. The molecule has 0 aromatic carbocycles. The molecule has 1 N–H and O–H groups in total. The molecule has 1 aromatic rings. The number of thiophene rings is 1. The minimum absolute atomic E-state index is 0.105. The van der Waals surface area contributed by atoms with Crippen molar-refractivity contribution in [3.63, 3.8) is 0 Å². The van der Waals surface area contributed by atoms with Crippen LogP contribution in [0, 0.1) is 0 Å². The minimum atomic E-state index is -0.807. The molecule has 0 spiro atoms. The number of amides is 2. The summed E-state index contributed by atoms with van der Waals surface area (Å²) in [6, 6.07) is 1.78. The first-order chi connectivity index (χ1) is 8.34. The third-order valence-electron chi connectivity index (χ3n) is 2.95. The molecule has 0 unspecified atom stereocenters. The third-order valence-corrected chi connectivity index (χ3v) is 6.20. The molecule has 1 aliphatic rings. The lowest BCUT2D eigenvalue weighted by molar-refractivity contribution is -0.133. The molecule has 7 heteroatoms. The van der Waals surface area contributed by atoms with Gasteiger partial charge in [-0.1, -0.05) is 0 Å². The van der Waals surface area contributed by atoms with Gasteiger partial charge in [0.2, 0.25) is 5.91 Å². The zero-order valence-corrected chi connectivity index (χ0v) is 13.9. The number of nitrogens with one attached hydrogen (secondary N) is 1. The van der Waals surface area contributed by atoms with Gasteiger partial charge < -0.3 is 10.2 Å². The molecular weight excluding hydrogens is 384 g/mol. The second-order valence-corrected chi connectivity index (χ2v) is 7.73. The Hall–Kier alpha value is -0.400. The summed E-state index contributed by atoms with van der Waals surface area (Å²) in [5.41, 5.74) is -0.807. The molecule has 0 bridgehead atoms. The van der Waals surface area contributed by atoms with Crippen molar-refractivity contribution in [3.05, 3.63) is 19.2 Å². The molecule has 0 atom stereocenters. The Morgan fingerprint density at radius 3 is 2.72 bits per heavy atom. The minimum Gasteiger partial charge on any atom is -0.352 e. The first kappa shape index (κ1) is 14.0. The Morgan fingerprint density at radius 1 is 1.50 bits per heavy atom. The fourth-order valence-corrected chi connectivity index (χ4v) is 3.82. The van der Waals surface area contributed by atoms with Crippen LogP contribution in [0.5, 0.6) is 0 Å². The molecule has 0 radical (unpaired) electrons. The Morgan fingerprint density at radius 2 is 2.17 bits per heavy atom. The largest absolute Gasteiger partial charge is 0.352 e. The molecule has 4 nitrogen and oxygen atoms in total. The average Bonchev–Trinajstić information content (AvgIpc) is 2.62. The number of halogens is 2. The van der Waals surface area contributed by atoms with Crippen LogP contribution in [0.3, 0.4) is 0 Å². The van der Waals surface area contributed by atoms with Gasteiger partial charge >= 0.3 is 0 Å². The van der Waals surface area contributed by atoms with Crippen LogP contribution in [0.4, 0.5) is 0 Å². The van der Waals surface area contributed by atoms with Crippen molar-refractivity contribution in [2.45, 2.75) is 19.4 Å². The second-order valence-electron chi connectivity index (χ2n) is 4.50. The lowest BCUT2D eigenvalue weighted by Crippen LogP contribution is -2.63. The monoisotopic (exact) mass is 394 g/mol. The SMILES string of the molecule is CC1(C)C(=O)NCCN1C(=O)c1cc(Br)c(Br)s1. The summed E-state index contributed by atoms with van der Waals surface area (Å²) >= 11 is 8.10. The lowest BCUT2D eigenvalue weighted by Gasteiger charge is -2.40.